The van der Waals surface area contributed by atoms with E-state index in [1.54, 1.807) is 0 Å². The van der Waals surface area contributed by atoms with Crippen molar-refractivity contribution in [3.05, 3.63) is 28.2 Å². The third-order valence-corrected chi connectivity index (χ3v) is 4.97. The maximum Gasteiger partial charge on any atom is 0.336 e. The first-order chi connectivity index (χ1) is 8.88. The van der Waals surface area contributed by atoms with Gasteiger partial charge >= 0.3 is 5.97 Å². The third-order valence-electron chi connectivity index (χ3n) is 2.48. The Morgan fingerprint density at radius 3 is 2.63 bits per heavy atom. The van der Waals surface area contributed by atoms with Crippen LogP contribution < -0.4 is 0 Å². The lowest BCUT2D eigenvalue weighted by molar-refractivity contribution is 0.0695. The molecule has 0 aromatic heterocycles. The predicted octanol–water partition coefficient (Wildman–Crippen LogP) is 2.61. The molecule has 19 heavy (non-hydrogen) atoms. The van der Waals surface area contributed by atoms with E-state index in [2.05, 4.69) is 15.9 Å². The smallest absolute Gasteiger partial charge is 0.336 e. The number of sulfone groups is 1. The number of carboxylic acids is 1. The number of carboxylic acid groups (broad SMARTS) is 1. The molecule has 0 fully saturated rings. The van der Waals surface area contributed by atoms with Crippen molar-refractivity contribution in [2.75, 3.05) is 5.75 Å². The van der Waals surface area contributed by atoms with Crippen molar-refractivity contribution < 1.29 is 18.3 Å². The molecule has 0 atom stereocenters. The quantitative estimate of drug-likeness (QED) is 0.799. The number of hydrogen-bond acceptors (Lipinski definition) is 4. The van der Waals surface area contributed by atoms with Gasteiger partial charge in [-0.2, -0.15) is 5.26 Å². The number of unbranched alkanes of at least 4 members (excludes halogenated alkanes) is 2. The maximum atomic E-state index is 12.0. The van der Waals surface area contributed by atoms with E-state index in [9.17, 15) is 13.2 Å². The van der Waals surface area contributed by atoms with E-state index in [4.69, 9.17) is 10.4 Å². The van der Waals surface area contributed by atoms with E-state index in [-0.39, 0.29) is 16.2 Å². The van der Waals surface area contributed by atoms with Gasteiger partial charge in [-0.15, -0.1) is 0 Å². The van der Waals surface area contributed by atoms with Crippen LogP contribution in [-0.4, -0.2) is 25.2 Å². The molecule has 0 amide bonds. The number of benzene rings is 1. The van der Waals surface area contributed by atoms with Gasteiger partial charge in [0.2, 0.25) is 0 Å². The fraction of sp³-hybridized carbons (Fsp3) is 0.333. The fourth-order valence-corrected chi connectivity index (χ4v) is 3.28. The van der Waals surface area contributed by atoms with Crippen LogP contribution >= 0.6 is 15.9 Å². The number of carbonyl (C=O) groups is 1. The van der Waals surface area contributed by atoms with Crippen LogP contribution in [0.3, 0.4) is 0 Å². The van der Waals surface area contributed by atoms with Crippen molar-refractivity contribution in [1.29, 1.82) is 5.26 Å². The van der Waals surface area contributed by atoms with E-state index >= 15 is 0 Å². The summed E-state index contributed by atoms with van der Waals surface area (Å²) < 4.78 is 24.3. The Kier molecular flexibility index (Phi) is 5.51. The van der Waals surface area contributed by atoms with Gasteiger partial charge in [0.15, 0.2) is 9.84 Å². The highest BCUT2D eigenvalue weighted by Crippen LogP contribution is 2.22. The fourth-order valence-electron chi connectivity index (χ4n) is 1.48. The summed E-state index contributed by atoms with van der Waals surface area (Å²) in [6.07, 6.45) is 1.21. The van der Waals surface area contributed by atoms with Gasteiger partial charge in [0.25, 0.3) is 0 Å². The van der Waals surface area contributed by atoms with Crippen LogP contribution in [0.25, 0.3) is 0 Å². The zero-order valence-electron chi connectivity index (χ0n) is 9.97. The van der Waals surface area contributed by atoms with Crippen LogP contribution in [0.15, 0.2) is 27.6 Å². The second-order valence-electron chi connectivity index (χ2n) is 3.88. The summed E-state index contributed by atoms with van der Waals surface area (Å²) in [5, 5.41) is 17.3. The number of hydrogen-bond donors (Lipinski definition) is 1. The Morgan fingerprint density at radius 2 is 2.05 bits per heavy atom. The lowest BCUT2D eigenvalue weighted by Gasteiger charge is -2.06. The summed E-state index contributed by atoms with van der Waals surface area (Å²) in [5.41, 5.74) is -0.0851. The van der Waals surface area contributed by atoms with Gasteiger partial charge < -0.3 is 5.11 Å². The normalized spacial score (nSPS) is 10.9. The molecule has 0 aliphatic carbocycles. The number of halogens is 1. The molecule has 0 heterocycles. The topological polar surface area (TPSA) is 95.2 Å². The molecule has 1 aromatic rings. The van der Waals surface area contributed by atoms with Crippen molar-refractivity contribution in [3.8, 4) is 6.07 Å². The van der Waals surface area contributed by atoms with Crippen molar-refractivity contribution >= 4 is 31.7 Å². The van der Waals surface area contributed by atoms with E-state index in [1.165, 1.54) is 12.1 Å². The first-order valence-electron chi connectivity index (χ1n) is 5.51. The van der Waals surface area contributed by atoms with Gasteiger partial charge in [-0.25, -0.2) is 13.2 Å². The number of nitriles is 1. The molecule has 0 aliphatic rings. The van der Waals surface area contributed by atoms with Crippen LogP contribution in [0.2, 0.25) is 0 Å². The van der Waals surface area contributed by atoms with Gasteiger partial charge in [-0.1, -0.05) is 0 Å². The Hall–Kier alpha value is -1.39. The Balaban J connectivity index is 2.93. The standard InChI is InChI=1S/C12H12BrNO4S/c13-11-5-4-9(8-10(11)12(15)16)19(17,18)7-3-1-2-6-14/h4-5,8H,1-3,7H2,(H,15,16). The molecular weight excluding hydrogens is 334 g/mol. The monoisotopic (exact) mass is 345 g/mol. The molecule has 0 saturated carbocycles. The van der Waals surface area contributed by atoms with Gasteiger partial charge in [-0.05, 0) is 47.0 Å². The average Bonchev–Trinajstić information content (AvgIpc) is 2.34. The maximum absolute atomic E-state index is 12.0. The van der Waals surface area contributed by atoms with E-state index in [0.29, 0.717) is 23.7 Å². The minimum atomic E-state index is -3.51. The Labute approximate surface area is 119 Å². The minimum absolute atomic E-state index is 0.00921. The SMILES string of the molecule is N#CCCCCS(=O)(=O)c1ccc(Br)c(C(=O)O)c1. The molecule has 0 spiro atoms. The minimum Gasteiger partial charge on any atom is -0.478 e. The van der Waals surface area contributed by atoms with Gasteiger partial charge in [0.1, 0.15) is 0 Å². The van der Waals surface area contributed by atoms with Gasteiger partial charge in [0.05, 0.1) is 22.3 Å². The average molecular weight is 346 g/mol. The summed E-state index contributed by atoms with van der Waals surface area (Å²) in [6, 6.07) is 5.87. The Morgan fingerprint density at radius 1 is 1.37 bits per heavy atom. The Bertz CT molecular complexity index is 619. The molecule has 1 N–H and O–H groups in total. The predicted molar refractivity (Wildman–Crippen MR) is 72.6 cm³/mol. The van der Waals surface area contributed by atoms with E-state index < -0.39 is 15.8 Å². The highest BCUT2D eigenvalue weighted by molar-refractivity contribution is 9.10. The summed E-state index contributed by atoms with van der Waals surface area (Å²) in [6.45, 7) is 0. The summed E-state index contributed by atoms with van der Waals surface area (Å²) in [4.78, 5) is 10.9. The molecule has 5 nitrogen and oxygen atoms in total. The second-order valence-corrected chi connectivity index (χ2v) is 6.84. The zero-order valence-corrected chi connectivity index (χ0v) is 12.4. The number of nitrogens with zero attached hydrogens (tertiary/aromatic N) is 1. The first-order valence-corrected chi connectivity index (χ1v) is 7.95. The second kappa shape index (κ2) is 6.68. The first kappa shape index (κ1) is 15.7. The van der Waals surface area contributed by atoms with Crippen molar-refractivity contribution in [2.45, 2.75) is 24.2 Å². The zero-order chi connectivity index (χ0) is 14.5. The van der Waals surface area contributed by atoms with Crippen LogP contribution in [0.4, 0.5) is 0 Å². The van der Waals surface area contributed by atoms with Crippen LogP contribution in [0.5, 0.6) is 0 Å². The summed E-state index contributed by atoms with van der Waals surface area (Å²) >= 11 is 3.06. The number of aromatic carboxylic acids is 1. The molecule has 102 valence electrons. The molecule has 0 saturated heterocycles. The third kappa shape index (κ3) is 4.33. The molecule has 1 rings (SSSR count). The van der Waals surface area contributed by atoms with Crippen LogP contribution in [0.1, 0.15) is 29.6 Å². The van der Waals surface area contributed by atoms with E-state index in [0.717, 1.165) is 6.07 Å². The molecule has 0 unspecified atom stereocenters. The molecule has 0 bridgehead atoms. The van der Waals surface area contributed by atoms with Gasteiger partial charge in [0, 0.05) is 10.9 Å². The lowest BCUT2D eigenvalue weighted by atomic mass is 10.2. The highest BCUT2D eigenvalue weighted by Gasteiger charge is 2.18. The van der Waals surface area contributed by atoms with Crippen LogP contribution in [-0.2, 0) is 9.84 Å². The van der Waals surface area contributed by atoms with Gasteiger partial charge in [-0.3, -0.25) is 0 Å². The number of rotatable bonds is 6. The highest BCUT2D eigenvalue weighted by atomic mass is 79.9. The molecular formula is C12H12BrNO4S. The van der Waals surface area contributed by atoms with Crippen molar-refractivity contribution in [2.24, 2.45) is 0 Å². The molecule has 0 aliphatic heterocycles. The largest absolute Gasteiger partial charge is 0.478 e. The molecule has 0 radical (unpaired) electrons. The molecule has 7 heteroatoms. The summed E-state index contributed by atoms with van der Waals surface area (Å²) in [7, 11) is -3.51. The molecule has 1 aromatic carbocycles. The van der Waals surface area contributed by atoms with E-state index in [1.807, 2.05) is 6.07 Å². The summed E-state index contributed by atoms with van der Waals surface area (Å²) in [5.74, 6) is -1.27. The van der Waals surface area contributed by atoms with Crippen molar-refractivity contribution in [3.63, 3.8) is 0 Å². The van der Waals surface area contributed by atoms with Crippen LogP contribution in [0, 0.1) is 11.3 Å². The van der Waals surface area contributed by atoms with Crippen molar-refractivity contribution in [1.82, 2.24) is 0 Å². The lowest BCUT2D eigenvalue weighted by Crippen LogP contribution is -2.08.